The molecule has 2 aliphatic carbocycles. The lowest BCUT2D eigenvalue weighted by molar-refractivity contribution is -0.135. The number of para-hydroxylation sites is 2. The van der Waals surface area contributed by atoms with Crippen molar-refractivity contribution in [3.05, 3.63) is 58.9 Å². The zero-order valence-corrected chi connectivity index (χ0v) is 23.1. The van der Waals surface area contributed by atoms with Gasteiger partial charge in [-0.25, -0.2) is 4.39 Å². The number of rotatable bonds is 7. The third-order valence-corrected chi connectivity index (χ3v) is 9.47. The summed E-state index contributed by atoms with van der Waals surface area (Å²) in [5.74, 6) is 0.815. The van der Waals surface area contributed by atoms with Crippen molar-refractivity contribution in [3.63, 3.8) is 0 Å². The van der Waals surface area contributed by atoms with Crippen molar-refractivity contribution in [3.8, 4) is 0 Å². The van der Waals surface area contributed by atoms with Gasteiger partial charge in [0.25, 0.3) is 0 Å². The molecule has 0 saturated heterocycles. The highest BCUT2D eigenvalue weighted by Crippen LogP contribution is 2.33. The Morgan fingerprint density at radius 1 is 0.921 bits per heavy atom. The van der Waals surface area contributed by atoms with Crippen LogP contribution in [0.2, 0.25) is 5.02 Å². The number of hydrogen-bond donors (Lipinski definition) is 0. The molecule has 2 aromatic carbocycles. The van der Waals surface area contributed by atoms with E-state index in [1.165, 1.54) is 56.4 Å². The average Bonchev–Trinajstić information content (AvgIpc) is 3.50. The van der Waals surface area contributed by atoms with Crippen LogP contribution in [0.3, 0.4) is 0 Å². The van der Waals surface area contributed by atoms with Crippen LogP contribution in [0.4, 0.5) is 4.39 Å². The van der Waals surface area contributed by atoms with E-state index in [1.807, 2.05) is 33.2 Å². The van der Waals surface area contributed by atoms with Crippen LogP contribution in [0.25, 0.3) is 16.8 Å². The third kappa shape index (κ3) is 4.93. The van der Waals surface area contributed by atoms with Gasteiger partial charge in [-0.05, 0) is 49.9 Å². The van der Waals surface area contributed by atoms with E-state index in [1.54, 1.807) is 12.1 Å². The van der Waals surface area contributed by atoms with Crippen molar-refractivity contribution >= 4 is 46.1 Å². The number of aromatic nitrogens is 4. The zero-order valence-electron chi connectivity index (χ0n) is 21.5. The van der Waals surface area contributed by atoms with Gasteiger partial charge in [0.15, 0.2) is 5.16 Å². The maximum absolute atomic E-state index is 14.7. The Morgan fingerprint density at radius 2 is 1.58 bits per heavy atom. The summed E-state index contributed by atoms with van der Waals surface area (Å²) in [4.78, 5) is 16.0. The Morgan fingerprint density at radius 3 is 2.24 bits per heavy atom. The molecule has 2 fully saturated rings. The molecule has 2 heterocycles. The van der Waals surface area contributed by atoms with Gasteiger partial charge < -0.3 is 9.47 Å². The fourth-order valence-corrected chi connectivity index (χ4v) is 7.38. The highest BCUT2D eigenvalue weighted by Gasteiger charge is 2.32. The van der Waals surface area contributed by atoms with Gasteiger partial charge in [0.2, 0.25) is 11.7 Å². The summed E-state index contributed by atoms with van der Waals surface area (Å²) < 4.78 is 18.6. The summed E-state index contributed by atoms with van der Waals surface area (Å²) >= 11 is 7.80. The topological polar surface area (TPSA) is 55.4 Å². The molecule has 2 saturated carbocycles. The summed E-state index contributed by atoms with van der Waals surface area (Å²) in [5.41, 5.74) is 2.25. The number of amides is 1. The number of carbonyl (C=O) groups is 1. The van der Waals surface area contributed by atoms with E-state index < -0.39 is 0 Å². The first-order valence-corrected chi connectivity index (χ1v) is 15.2. The summed E-state index contributed by atoms with van der Waals surface area (Å²) in [6, 6.07) is 13.4. The molecule has 0 unspecified atom stereocenters. The quantitative estimate of drug-likeness (QED) is 0.229. The van der Waals surface area contributed by atoms with Crippen LogP contribution in [-0.4, -0.2) is 47.8 Å². The number of hydrogen-bond acceptors (Lipinski definition) is 4. The van der Waals surface area contributed by atoms with Crippen LogP contribution in [0.1, 0.15) is 69.8 Å². The molecule has 0 N–H and O–H groups in total. The molecule has 38 heavy (non-hydrogen) atoms. The van der Waals surface area contributed by atoms with Crippen molar-refractivity contribution in [2.45, 2.75) is 88.0 Å². The minimum absolute atomic E-state index is 0.215. The van der Waals surface area contributed by atoms with Gasteiger partial charge in [-0.15, -0.1) is 10.2 Å². The minimum Gasteiger partial charge on any atom is -0.336 e. The van der Waals surface area contributed by atoms with Crippen LogP contribution >= 0.6 is 23.4 Å². The van der Waals surface area contributed by atoms with E-state index in [0.29, 0.717) is 39.4 Å². The molecular weight excluding hydrogens is 521 g/mol. The first kappa shape index (κ1) is 25.7. The molecule has 2 aliphatic rings. The first-order chi connectivity index (χ1) is 18.6. The molecule has 0 radical (unpaired) electrons. The predicted octanol–water partition coefficient (Wildman–Crippen LogP) is 7.11. The normalized spacial score (nSPS) is 17.4. The number of thioether (sulfide) groups is 1. The van der Waals surface area contributed by atoms with Crippen LogP contribution in [0.5, 0.6) is 0 Å². The summed E-state index contributed by atoms with van der Waals surface area (Å²) in [7, 11) is 0. The molecule has 9 heteroatoms. The highest BCUT2D eigenvalue weighted by atomic mass is 35.5. The average molecular weight is 554 g/mol. The monoisotopic (exact) mass is 553 g/mol. The molecule has 4 aromatic rings. The Bertz CT molecular complexity index is 1400. The Hall–Kier alpha value is -2.58. The van der Waals surface area contributed by atoms with Crippen LogP contribution in [0, 0.1) is 5.82 Å². The molecule has 1 amide bonds. The van der Waals surface area contributed by atoms with Crippen molar-refractivity contribution in [2.24, 2.45) is 0 Å². The van der Waals surface area contributed by atoms with Crippen LogP contribution in [0.15, 0.2) is 47.6 Å². The molecule has 0 bridgehead atoms. The van der Waals surface area contributed by atoms with E-state index in [9.17, 15) is 9.18 Å². The first-order valence-electron chi connectivity index (χ1n) is 13.8. The molecule has 6 nitrogen and oxygen atoms in total. The lowest BCUT2D eigenvalue weighted by atomic mass is 9.88. The predicted molar refractivity (Wildman–Crippen MR) is 150 cm³/mol. The minimum atomic E-state index is -0.348. The van der Waals surface area contributed by atoms with E-state index in [0.717, 1.165) is 36.7 Å². The summed E-state index contributed by atoms with van der Waals surface area (Å²) in [6.07, 6.45) is 11.9. The second kappa shape index (κ2) is 11.3. The van der Waals surface area contributed by atoms with Gasteiger partial charge in [-0.3, -0.25) is 9.20 Å². The third-order valence-electron chi connectivity index (χ3n) is 8.20. The number of benzene rings is 2. The van der Waals surface area contributed by atoms with Gasteiger partial charge in [-0.2, -0.15) is 0 Å². The van der Waals surface area contributed by atoms with Crippen molar-refractivity contribution in [1.29, 1.82) is 0 Å². The highest BCUT2D eigenvalue weighted by molar-refractivity contribution is 7.99. The lowest BCUT2D eigenvalue weighted by Gasteiger charge is -2.41. The van der Waals surface area contributed by atoms with Gasteiger partial charge in [-0.1, -0.05) is 80.1 Å². The van der Waals surface area contributed by atoms with Crippen LogP contribution in [-0.2, 0) is 11.3 Å². The molecule has 0 atom stereocenters. The van der Waals surface area contributed by atoms with E-state index in [4.69, 9.17) is 11.6 Å². The Kier molecular flexibility index (Phi) is 7.61. The van der Waals surface area contributed by atoms with Crippen molar-refractivity contribution in [2.75, 3.05) is 5.75 Å². The maximum Gasteiger partial charge on any atom is 0.237 e. The Labute approximate surface area is 231 Å². The van der Waals surface area contributed by atoms with Crippen LogP contribution < -0.4 is 0 Å². The molecule has 0 aliphatic heterocycles. The number of halogens is 2. The second-order valence-corrected chi connectivity index (χ2v) is 11.9. The molecule has 200 valence electrons. The van der Waals surface area contributed by atoms with Gasteiger partial charge >= 0.3 is 0 Å². The zero-order chi connectivity index (χ0) is 26.1. The van der Waals surface area contributed by atoms with E-state index >= 15 is 0 Å². The molecule has 6 rings (SSSR count). The maximum atomic E-state index is 14.7. The largest absolute Gasteiger partial charge is 0.336 e. The standard InChI is InChI=1S/C29H33ClFN5OS/c30-23-14-9-15-24(31)22(23)18-34-25-16-7-8-17-26(25)36-28(34)32-33-29(36)38-19-27(37)35(20-10-3-1-4-11-20)21-12-5-2-6-13-21/h7-9,14-17,20-21H,1-6,10-13,18-19H2. The van der Waals surface area contributed by atoms with Crippen molar-refractivity contribution < 1.29 is 9.18 Å². The SMILES string of the molecule is O=C(CSc1nnc2n(Cc3c(F)cccc3Cl)c3ccccc3n12)N(C1CCCCC1)C1CCCCC1. The van der Waals surface area contributed by atoms with E-state index in [2.05, 4.69) is 15.1 Å². The fraction of sp³-hybridized carbons (Fsp3) is 0.483. The number of carbonyl (C=O) groups excluding carboxylic acids is 1. The molecule has 0 spiro atoms. The number of imidazole rings is 1. The van der Waals surface area contributed by atoms with E-state index in [-0.39, 0.29) is 18.3 Å². The van der Waals surface area contributed by atoms with Gasteiger partial charge in [0.05, 0.1) is 23.3 Å². The fourth-order valence-electron chi connectivity index (χ4n) is 6.35. The Balaban J connectivity index is 1.29. The lowest BCUT2D eigenvalue weighted by Crippen LogP contribution is -2.49. The van der Waals surface area contributed by atoms with Crippen molar-refractivity contribution in [1.82, 2.24) is 24.1 Å². The summed E-state index contributed by atoms with van der Waals surface area (Å²) in [6.45, 7) is 0.237. The molecule has 2 aromatic heterocycles. The number of fused-ring (bicyclic) bond motifs is 3. The molecular formula is C29H33ClFN5OS. The summed E-state index contributed by atoms with van der Waals surface area (Å²) in [5, 5.41) is 10.0. The number of nitrogens with zero attached hydrogens (tertiary/aromatic N) is 5. The smallest absolute Gasteiger partial charge is 0.237 e. The van der Waals surface area contributed by atoms with Gasteiger partial charge in [0, 0.05) is 22.7 Å². The second-order valence-electron chi connectivity index (χ2n) is 10.6. The van der Waals surface area contributed by atoms with Gasteiger partial charge in [0.1, 0.15) is 5.82 Å².